The predicted octanol–water partition coefficient (Wildman–Crippen LogP) is 4.27. The van der Waals surface area contributed by atoms with Crippen molar-refractivity contribution in [1.82, 2.24) is 19.9 Å². The van der Waals surface area contributed by atoms with Gasteiger partial charge < -0.3 is 19.8 Å². The van der Waals surface area contributed by atoms with Gasteiger partial charge in [0.05, 0.1) is 20.5 Å². The van der Waals surface area contributed by atoms with Crippen molar-refractivity contribution >= 4 is 28.6 Å². The number of H-pyrrole nitrogens is 1. The fraction of sp³-hybridized carbons (Fsp3) is 0.190. The third-order valence-electron chi connectivity index (χ3n) is 4.77. The summed E-state index contributed by atoms with van der Waals surface area (Å²) < 4.78 is 10.6. The molecule has 148 valence electrons. The average molecular weight is 410 g/mol. The first-order valence-corrected chi connectivity index (χ1v) is 9.44. The summed E-state index contributed by atoms with van der Waals surface area (Å²) in [6, 6.07) is 16.1. The monoisotopic (exact) mass is 409 g/mol. The second-order valence-electron chi connectivity index (χ2n) is 6.42. The molecule has 0 saturated heterocycles. The van der Waals surface area contributed by atoms with Gasteiger partial charge in [0.2, 0.25) is 5.28 Å². The van der Waals surface area contributed by atoms with Crippen LogP contribution in [0.25, 0.3) is 11.2 Å². The highest BCUT2D eigenvalue weighted by atomic mass is 35.5. The lowest BCUT2D eigenvalue weighted by Crippen LogP contribution is -2.15. The number of benzene rings is 2. The topological polar surface area (TPSA) is 85.0 Å². The van der Waals surface area contributed by atoms with Crippen LogP contribution < -0.4 is 14.8 Å². The second kappa shape index (κ2) is 8.36. The number of fused-ring (bicyclic) bond motifs is 1. The molecule has 0 spiro atoms. The van der Waals surface area contributed by atoms with Crippen molar-refractivity contribution < 1.29 is 9.47 Å². The van der Waals surface area contributed by atoms with Crippen LogP contribution in [0.1, 0.15) is 17.0 Å². The van der Waals surface area contributed by atoms with Crippen molar-refractivity contribution in [3.8, 4) is 11.5 Å². The van der Waals surface area contributed by atoms with Gasteiger partial charge in [0.25, 0.3) is 0 Å². The summed E-state index contributed by atoms with van der Waals surface area (Å²) in [7, 11) is 3.32. The Hall–Kier alpha value is -3.32. The number of anilines is 1. The standard InChI is InChI=1S/C21H20ClN5O2/c1-28-15-7-3-13(4-8-15)17(14-5-9-16(29-2)10-6-14)11-23-19-18-20(25-12-24-18)27-21(22)26-19/h3-10,12,17H,11H2,1-2H3,(H2,23,24,25,26,27). The number of rotatable bonds is 7. The quantitative estimate of drug-likeness (QED) is 0.443. The van der Waals surface area contributed by atoms with Gasteiger partial charge in [-0.15, -0.1) is 0 Å². The molecule has 2 aromatic carbocycles. The van der Waals surface area contributed by atoms with Crippen LogP contribution in [0.4, 0.5) is 5.82 Å². The molecule has 0 aliphatic carbocycles. The molecule has 2 N–H and O–H groups in total. The second-order valence-corrected chi connectivity index (χ2v) is 6.76. The number of imidazole rings is 1. The van der Waals surface area contributed by atoms with Gasteiger partial charge in [0.1, 0.15) is 17.0 Å². The molecule has 0 unspecified atom stereocenters. The predicted molar refractivity (Wildman–Crippen MR) is 113 cm³/mol. The number of ether oxygens (including phenoxy) is 2. The number of aromatic nitrogens is 4. The molecule has 0 aliphatic rings. The molecule has 0 saturated carbocycles. The van der Waals surface area contributed by atoms with E-state index in [-0.39, 0.29) is 11.2 Å². The van der Waals surface area contributed by atoms with E-state index in [9.17, 15) is 0 Å². The van der Waals surface area contributed by atoms with E-state index in [0.717, 1.165) is 28.1 Å². The zero-order chi connectivity index (χ0) is 20.2. The zero-order valence-corrected chi connectivity index (χ0v) is 16.8. The van der Waals surface area contributed by atoms with Gasteiger partial charge in [0, 0.05) is 12.5 Å². The molecular weight excluding hydrogens is 390 g/mol. The molecule has 0 fully saturated rings. The minimum Gasteiger partial charge on any atom is -0.497 e. The lowest BCUT2D eigenvalue weighted by atomic mass is 9.91. The van der Waals surface area contributed by atoms with Crippen LogP contribution in [-0.2, 0) is 0 Å². The first-order chi connectivity index (χ1) is 14.2. The number of methoxy groups -OCH3 is 2. The maximum Gasteiger partial charge on any atom is 0.226 e. The van der Waals surface area contributed by atoms with Gasteiger partial charge in [-0.2, -0.15) is 9.97 Å². The van der Waals surface area contributed by atoms with E-state index in [1.165, 1.54) is 0 Å². The number of nitrogens with zero attached hydrogens (tertiary/aromatic N) is 3. The molecule has 4 aromatic rings. The zero-order valence-electron chi connectivity index (χ0n) is 16.0. The molecule has 7 nitrogen and oxygen atoms in total. The summed E-state index contributed by atoms with van der Waals surface area (Å²) in [5, 5.41) is 3.55. The smallest absolute Gasteiger partial charge is 0.226 e. The van der Waals surface area contributed by atoms with Crippen molar-refractivity contribution in [1.29, 1.82) is 0 Å². The fourth-order valence-corrected chi connectivity index (χ4v) is 3.40. The van der Waals surface area contributed by atoms with Crippen LogP contribution in [0.5, 0.6) is 11.5 Å². The van der Waals surface area contributed by atoms with Gasteiger partial charge in [-0.25, -0.2) is 4.98 Å². The summed E-state index contributed by atoms with van der Waals surface area (Å²) in [6.45, 7) is 0.597. The number of hydrogen-bond donors (Lipinski definition) is 2. The first-order valence-electron chi connectivity index (χ1n) is 9.06. The Morgan fingerprint density at radius 3 is 2.07 bits per heavy atom. The average Bonchev–Trinajstić information content (AvgIpc) is 3.23. The number of nitrogens with one attached hydrogen (secondary N) is 2. The van der Waals surface area contributed by atoms with Gasteiger partial charge in [-0.05, 0) is 47.0 Å². The molecule has 29 heavy (non-hydrogen) atoms. The molecule has 2 aromatic heterocycles. The van der Waals surface area contributed by atoms with Gasteiger partial charge in [0.15, 0.2) is 11.5 Å². The molecule has 4 rings (SSSR count). The Balaban J connectivity index is 1.66. The van der Waals surface area contributed by atoms with E-state index in [0.29, 0.717) is 18.0 Å². The van der Waals surface area contributed by atoms with E-state index in [2.05, 4.69) is 49.5 Å². The Morgan fingerprint density at radius 2 is 1.52 bits per heavy atom. The molecule has 0 aliphatic heterocycles. The minimum absolute atomic E-state index is 0.0681. The first kappa shape index (κ1) is 19.0. The Labute approximate surface area is 173 Å². The molecule has 8 heteroatoms. The van der Waals surface area contributed by atoms with Crippen LogP contribution in [0.2, 0.25) is 5.28 Å². The number of hydrogen-bond acceptors (Lipinski definition) is 6. The molecule has 0 atom stereocenters. The summed E-state index contributed by atoms with van der Waals surface area (Å²) in [5.74, 6) is 2.32. The minimum atomic E-state index is 0.0681. The van der Waals surface area contributed by atoms with E-state index >= 15 is 0 Å². The lowest BCUT2D eigenvalue weighted by molar-refractivity contribution is 0.414. The largest absolute Gasteiger partial charge is 0.497 e. The highest BCUT2D eigenvalue weighted by Gasteiger charge is 2.17. The van der Waals surface area contributed by atoms with E-state index in [1.54, 1.807) is 20.5 Å². The molecule has 0 bridgehead atoms. The number of halogens is 1. The molecule has 0 radical (unpaired) electrons. The normalized spacial score (nSPS) is 11.0. The Morgan fingerprint density at radius 1 is 0.931 bits per heavy atom. The molecular formula is C21H20ClN5O2. The Kier molecular flexibility index (Phi) is 5.48. The highest BCUT2D eigenvalue weighted by molar-refractivity contribution is 6.28. The third kappa shape index (κ3) is 4.09. The van der Waals surface area contributed by atoms with Gasteiger partial charge >= 0.3 is 0 Å². The molecule has 0 amide bonds. The van der Waals surface area contributed by atoms with Crippen molar-refractivity contribution in [2.75, 3.05) is 26.1 Å². The van der Waals surface area contributed by atoms with Crippen LogP contribution in [-0.4, -0.2) is 40.7 Å². The van der Waals surface area contributed by atoms with Gasteiger partial charge in [-0.1, -0.05) is 24.3 Å². The summed E-state index contributed by atoms with van der Waals surface area (Å²) in [6.07, 6.45) is 1.57. The number of aromatic amines is 1. The van der Waals surface area contributed by atoms with E-state index in [4.69, 9.17) is 21.1 Å². The maximum atomic E-state index is 6.05. The summed E-state index contributed by atoms with van der Waals surface area (Å²) >= 11 is 6.05. The van der Waals surface area contributed by atoms with Crippen molar-refractivity contribution in [3.63, 3.8) is 0 Å². The lowest BCUT2D eigenvalue weighted by Gasteiger charge is -2.20. The Bertz CT molecular complexity index is 1050. The van der Waals surface area contributed by atoms with Crippen molar-refractivity contribution in [2.45, 2.75) is 5.92 Å². The molecule has 2 heterocycles. The van der Waals surface area contributed by atoms with Crippen LogP contribution in [0.3, 0.4) is 0 Å². The van der Waals surface area contributed by atoms with Crippen LogP contribution in [0, 0.1) is 0 Å². The van der Waals surface area contributed by atoms with Crippen molar-refractivity contribution in [3.05, 3.63) is 71.3 Å². The summed E-state index contributed by atoms with van der Waals surface area (Å²) in [5.41, 5.74) is 3.53. The van der Waals surface area contributed by atoms with Crippen molar-refractivity contribution in [2.24, 2.45) is 0 Å². The third-order valence-corrected chi connectivity index (χ3v) is 4.94. The van der Waals surface area contributed by atoms with E-state index in [1.807, 2.05) is 24.3 Å². The maximum absolute atomic E-state index is 6.05. The van der Waals surface area contributed by atoms with Gasteiger partial charge in [-0.3, -0.25) is 0 Å². The van der Waals surface area contributed by atoms with Crippen LogP contribution in [0.15, 0.2) is 54.9 Å². The van der Waals surface area contributed by atoms with E-state index < -0.39 is 0 Å². The summed E-state index contributed by atoms with van der Waals surface area (Å²) in [4.78, 5) is 15.7. The fourth-order valence-electron chi connectivity index (χ4n) is 3.23. The highest BCUT2D eigenvalue weighted by Crippen LogP contribution is 2.29. The van der Waals surface area contributed by atoms with Crippen LogP contribution >= 0.6 is 11.6 Å². The SMILES string of the molecule is COc1ccc(C(CNc2nc(Cl)nc3nc[nH]c23)c2ccc(OC)cc2)cc1.